The number of sulfonamides is 1. The van der Waals surface area contributed by atoms with Crippen LogP contribution in [-0.4, -0.2) is 53.0 Å². The molecule has 12 nitrogen and oxygen atoms in total. The Morgan fingerprint density at radius 2 is 1.60 bits per heavy atom. The van der Waals surface area contributed by atoms with Gasteiger partial charge in [0, 0.05) is 26.2 Å². The third-order valence-electron chi connectivity index (χ3n) is 7.69. The maximum absolute atomic E-state index is 13.8. The summed E-state index contributed by atoms with van der Waals surface area (Å²) in [5, 5.41) is 5.16. The van der Waals surface area contributed by atoms with Crippen molar-refractivity contribution >= 4 is 39.2 Å². The Morgan fingerprint density at radius 1 is 0.933 bits per heavy atom. The molecular formula is C32H33N5O7S. The summed E-state index contributed by atoms with van der Waals surface area (Å²) in [6, 6.07) is 21.2. The van der Waals surface area contributed by atoms with Gasteiger partial charge in [-0.15, -0.1) is 0 Å². The van der Waals surface area contributed by atoms with E-state index in [1.54, 1.807) is 55.1 Å². The molecule has 1 aromatic heterocycles. The van der Waals surface area contributed by atoms with E-state index in [0.29, 0.717) is 29.1 Å². The number of ether oxygens (including phenoxy) is 1. The maximum atomic E-state index is 13.8. The van der Waals surface area contributed by atoms with E-state index in [9.17, 15) is 27.6 Å². The molecule has 45 heavy (non-hydrogen) atoms. The first kappa shape index (κ1) is 31.4. The minimum absolute atomic E-state index is 0.00752. The number of aromatic nitrogens is 2. The van der Waals surface area contributed by atoms with E-state index < -0.39 is 40.1 Å². The van der Waals surface area contributed by atoms with Crippen LogP contribution in [0, 0.1) is 6.92 Å². The Hall–Kier alpha value is -5.01. The van der Waals surface area contributed by atoms with E-state index in [1.807, 2.05) is 18.2 Å². The standard InChI is InChI=1S/C32H33N5O7S/c1-21-31(32(41)37(35(21)3)25-10-5-4-6-11-25)34-29(39)20-44-30(40)19-28-27-12-8-7-9-23(27)17-18-36(28)45(42,43)26-15-13-24(14-16-26)33-22(2)38/h4-16,28H,17-20H2,1-3H3,(H,33,38)(H,34,39). The maximum Gasteiger partial charge on any atom is 0.308 e. The van der Waals surface area contributed by atoms with Gasteiger partial charge >= 0.3 is 5.97 Å². The minimum atomic E-state index is -4.06. The monoisotopic (exact) mass is 631 g/mol. The molecule has 0 bridgehead atoms. The van der Waals surface area contributed by atoms with Crippen LogP contribution in [0.5, 0.6) is 0 Å². The van der Waals surface area contributed by atoms with Gasteiger partial charge in [-0.05, 0) is 60.9 Å². The molecule has 0 saturated heterocycles. The van der Waals surface area contributed by atoms with Gasteiger partial charge in [-0.1, -0.05) is 42.5 Å². The van der Waals surface area contributed by atoms with Crippen LogP contribution in [0.15, 0.2) is 88.6 Å². The fourth-order valence-electron chi connectivity index (χ4n) is 5.43. The average molecular weight is 632 g/mol. The number of anilines is 2. The van der Waals surface area contributed by atoms with Crippen LogP contribution in [-0.2, 0) is 42.6 Å². The Labute approximate surface area is 260 Å². The molecule has 2 heterocycles. The topological polar surface area (TPSA) is 149 Å². The van der Waals surface area contributed by atoms with Gasteiger partial charge in [-0.3, -0.25) is 23.9 Å². The van der Waals surface area contributed by atoms with E-state index in [2.05, 4.69) is 10.6 Å². The summed E-state index contributed by atoms with van der Waals surface area (Å²) in [5.74, 6) is -1.77. The molecule has 1 aliphatic heterocycles. The Bertz CT molecular complexity index is 1920. The quantitative estimate of drug-likeness (QED) is 0.269. The zero-order valence-electron chi connectivity index (χ0n) is 25.0. The summed E-state index contributed by atoms with van der Waals surface area (Å²) in [6.45, 7) is 2.51. The van der Waals surface area contributed by atoms with Crippen molar-refractivity contribution in [1.82, 2.24) is 13.7 Å². The van der Waals surface area contributed by atoms with Crippen molar-refractivity contribution in [3.05, 3.63) is 106 Å². The number of nitrogens with one attached hydrogen (secondary N) is 2. The van der Waals surface area contributed by atoms with Crippen molar-refractivity contribution in [3.63, 3.8) is 0 Å². The fraction of sp³-hybridized carbons (Fsp3) is 0.250. The average Bonchev–Trinajstić information content (AvgIpc) is 3.23. The second-order valence-electron chi connectivity index (χ2n) is 10.6. The highest BCUT2D eigenvalue weighted by Gasteiger charge is 2.38. The van der Waals surface area contributed by atoms with Crippen LogP contribution in [0.25, 0.3) is 5.69 Å². The molecule has 1 unspecified atom stereocenters. The van der Waals surface area contributed by atoms with Crippen LogP contribution in [0.4, 0.5) is 11.4 Å². The molecule has 0 spiro atoms. The number of hydrogen-bond acceptors (Lipinski definition) is 7. The Balaban J connectivity index is 1.30. The van der Waals surface area contributed by atoms with Crippen molar-refractivity contribution in [1.29, 1.82) is 0 Å². The summed E-state index contributed by atoms with van der Waals surface area (Å²) < 4.78 is 37.1. The number of benzene rings is 3. The van der Waals surface area contributed by atoms with Gasteiger partial charge in [0.2, 0.25) is 15.9 Å². The summed E-state index contributed by atoms with van der Waals surface area (Å²) in [5.41, 5.74) is 2.79. The molecule has 1 aliphatic rings. The van der Waals surface area contributed by atoms with E-state index in [4.69, 9.17) is 4.74 Å². The summed E-state index contributed by atoms with van der Waals surface area (Å²) >= 11 is 0. The number of esters is 1. The molecule has 0 saturated carbocycles. The van der Waals surface area contributed by atoms with Gasteiger partial charge in [-0.25, -0.2) is 13.1 Å². The highest BCUT2D eigenvalue weighted by Crippen LogP contribution is 2.36. The first-order chi connectivity index (χ1) is 21.5. The Kier molecular flexibility index (Phi) is 9.02. The molecule has 2 N–H and O–H groups in total. The Morgan fingerprint density at radius 3 is 2.29 bits per heavy atom. The number of hydrogen-bond donors (Lipinski definition) is 2. The number of rotatable bonds is 9. The lowest BCUT2D eigenvalue weighted by atomic mass is 9.92. The normalized spacial score (nSPS) is 14.8. The van der Waals surface area contributed by atoms with Gasteiger partial charge in [0.15, 0.2) is 6.61 Å². The van der Waals surface area contributed by atoms with Crippen molar-refractivity contribution < 1.29 is 27.5 Å². The van der Waals surface area contributed by atoms with Gasteiger partial charge in [0.25, 0.3) is 11.5 Å². The van der Waals surface area contributed by atoms with Crippen LogP contribution >= 0.6 is 0 Å². The minimum Gasteiger partial charge on any atom is -0.456 e. The van der Waals surface area contributed by atoms with Gasteiger partial charge < -0.3 is 15.4 Å². The predicted molar refractivity (Wildman–Crippen MR) is 167 cm³/mol. The molecule has 0 radical (unpaired) electrons. The van der Waals surface area contributed by atoms with Crippen LogP contribution in [0.1, 0.15) is 36.2 Å². The SMILES string of the molecule is CC(=O)Nc1ccc(S(=O)(=O)N2CCc3ccccc3C2CC(=O)OCC(=O)Nc2c(C)n(C)n(-c3ccccc3)c2=O)cc1. The lowest BCUT2D eigenvalue weighted by Gasteiger charge is -2.36. The predicted octanol–water partition coefficient (Wildman–Crippen LogP) is 3.30. The number of fused-ring (bicyclic) bond motifs is 1. The molecule has 1 atom stereocenters. The largest absolute Gasteiger partial charge is 0.456 e. The highest BCUT2D eigenvalue weighted by atomic mass is 32.2. The zero-order valence-corrected chi connectivity index (χ0v) is 25.8. The number of para-hydroxylation sites is 1. The molecular weight excluding hydrogens is 598 g/mol. The first-order valence-corrected chi connectivity index (χ1v) is 15.7. The summed E-state index contributed by atoms with van der Waals surface area (Å²) in [6.07, 6.45) is 0.114. The van der Waals surface area contributed by atoms with E-state index in [1.165, 1.54) is 40.2 Å². The molecule has 13 heteroatoms. The second kappa shape index (κ2) is 12.9. The van der Waals surface area contributed by atoms with Crippen LogP contribution in [0.2, 0.25) is 0 Å². The molecule has 234 valence electrons. The van der Waals surface area contributed by atoms with E-state index in [-0.39, 0.29) is 29.5 Å². The highest BCUT2D eigenvalue weighted by molar-refractivity contribution is 7.89. The molecule has 0 aliphatic carbocycles. The fourth-order valence-corrected chi connectivity index (χ4v) is 7.03. The zero-order chi connectivity index (χ0) is 32.3. The smallest absolute Gasteiger partial charge is 0.308 e. The molecule has 0 fully saturated rings. The van der Waals surface area contributed by atoms with Crippen molar-refractivity contribution in [2.24, 2.45) is 7.05 Å². The third kappa shape index (κ3) is 6.59. The van der Waals surface area contributed by atoms with Gasteiger partial charge in [0.05, 0.1) is 28.7 Å². The number of nitrogens with zero attached hydrogens (tertiary/aromatic N) is 3. The summed E-state index contributed by atoms with van der Waals surface area (Å²) in [7, 11) is -2.36. The van der Waals surface area contributed by atoms with Crippen LogP contribution in [0.3, 0.4) is 0 Å². The number of carbonyl (C=O) groups excluding carboxylic acids is 3. The number of amides is 2. The second-order valence-corrected chi connectivity index (χ2v) is 12.5. The van der Waals surface area contributed by atoms with Crippen molar-refractivity contribution in [3.8, 4) is 5.69 Å². The lowest BCUT2D eigenvalue weighted by molar-refractivity contribution is -0.148. The van der Waals surface area contributed by atoms with Gasteiger partial charge in [0.1, 0.15) is 5.69 Å². The molecule has 5 rings (SSSR count). The molecule has 3 aromatic carbocycles. The summed E-state index contributed by atoms with van der Waals surface area (Å²) in [4.78, 5) is 50.4. The van der Waals surface area contributed by atoms with E-state index in [0.717, 1.165) is 5.56 Å². The first-order valence-electron chi connectivity index (χ1n) is 14.2. The molecule has 2 amide bonds. The number of carbonyl (C=O) groups is 3. The third-order valence-corrected chi connectivity index (χ3v) is 9.61. The molecule has 4 aromatic rings. The van der Waals surface area contributed by atoms with Crippen molar-refractivity contribution in [2.75, 3.05) is 23.8 Å². The van der Waals surface area contributed by atoms with E-state index >= 15 is 0 Å². The lowest BCUT2D eigenvalue weighted by Crippen LogP contribution is -2.41. The van der Waals surface area contributed by atoms with Gasteiger partial charge in [-0.2, -0.15) is 4.31 Å². The van der Waals surface area contributed by atoms with Crippen molar-refractivity contribution in [2.45, 2.75) is 37.6 Å². The van der Waals surface area contributed by atoms with Crippen LogP contribution < -0.4 is 16.2 Å².